The molecule has 0 radical (unpaired) electrons. The van der Waals surface area contributed by atoms with Gasteiger partial charge in [0.05, 0.1) is 10.8 Å². The van der Waals surface area contributed by atoms with Gasteiger partial charge in [-0.3, -0.25) is 9.59 Å². The largest absolute Gasteiger partial charge is 0.481 e. The first-order valence-electron chi connectivity index (χ1n) is 8.88. The molecule has 5 heteroatoms. The van der Waals surface area contributed by atoms with E-state index < -0.39 is 16.8 Å². The van der Waals surface area contributed by atoms with E-state index in [0.717, 1.165) is 31.4 Å². The minimum atomic E-state index is -0.724. The summed E-state index contributed by atoms with van der Waals surface area (Å²) in [7, 11) is 0. The second-order valence-electron chi connectivity index (χ2n) is 7.61. The number of likely N-dealkylation sites (tertiary alicyclic amines) is 1. The number of carboxylic acid groups (broad SMARTS) is 1. The number of carbonyl (C=O) groups is 2. The maximum atomic E-state index is 13.5. The van der Waals surface area contributed by atoms with Crippen LogP contribution in [-0.2, 0) is 15.0 Å². The molecular weight excluding hydrogens is 304 g/mol. The lowest BCUT2D eigenvalue weighted by atomic mass is 9.78. The van der Waals surface area contributed by atoms with Gasteiger partial charge in [0, 0.05) is 19.6 Å². The van der Waals surface area contributed by atoms with E-state index in [2.05, 4.69) is 5.32 Å². The Kier molecular flexibility index (Phi) is 3.64. The summed E-state index contributed by atoms with van der Waals surface area (Å²) in [6.45, 7) is 2.43. The van der Waals surface area contributed by atoms with E-state index in [1.807, 2.05) is 35.2 Å². The van der Waals surface area contributed by atoms with Gasteiger partial charge in [-0.25, -0.2) is 0 Å². The van der Waals surface area contributed by atoms with Crippen LogP contribution in [0.4, 0.5) is 0 Å². The molecule has 4 rings (SSSR count). The van der Waals surface area contributed by atoms with E-state index in [0.29, 0.717) is 26.1 Å². The summed E-state index contributed by atoms with van der Waals surface area (Å²) in [6.07, 6.45) is 3.36. The lowest BCUT2D eigenvalue weighted by Crippen LogP contribution is -2.48. The molecular formula is C19H24N2O3. The molecule has 2 N–H and O–H groups in total. The molecule has 0 bridgehead atoms. The first-order chi connectivity index (χ1) is 11.6. The molecule has 5 nitrogen and oxygen atoms in total. The van der Waals surface area contributed by atoms with E-state index in [-0.39, 0.29) is 11.8 Å². The molecule has 3 aliphatic rings. The highest BCUT2D eigenvalue weighted by molar-refractivity contribution is 5.90. The van der Waals surface area contributed by atoms with Crippen LogP contribution in [0.5, 0.6) is 0 Å². The molecule has 0 spiro atoms. The van der Waals surface area contributed by atoms with E-state index >= 15 is 0 Å². The van der Waals surface area contributed by atoms with Crippen molar-refractivity contribution < 1.29 is 14.7 Å². The average molecular weight is 328 g/mol. The summed E-state index contributed by atoms with van der Waals surface area (Å²) in [6, 6.07) is 9.95. The number of amides is 1. The molecule has 2 aliphatic heterocycles. The molecule has 128 valence electrons. The normalized spacial score (nSPS) is 35.2. The van der Waals surface area contributed by atoms with Crippen molar-refractivity contribution >= 4 is 11.9 Å². The summed E-state index contributed by atoms with van der Waals surface area (Å²) in [5.41, 5.74) is -0.208. The molecule has 1 unspecified atom stereocenters. The van der Waals surface area contributed by atoms with Crippen LogP contribution in [0.25, 0.3) is 0 Å². The minimum Gasteiger partial charge on any atom is -0.481 e. The summed E-state index contributed by atoms with van der Waals surface area (Å²) >= 11 is 0. The summed E-state index contributed by atoms with van der Waals surface area (Å²) < 4.78 is 0. The van der Waals surface area contributed by atoms with Crippen molar-refractivity contribution in [3.63, 3.8) is 0 Å². The van der Waals surface area contributed by atoms with Crippen molar-refractivity contribution in [1.82, 2.24) is 10.2 Å². The van der Waals surface area contributed by atoms with E-state index in [9.17, 15) is 14.7 Å². The molecule has 1 amide bonds. The Labute approximate surface area is 142 Å². The zero-order valence-corrected chi connectivity index (χ0v) is 13.8. The molecule has 2 heterocycles. The van der Waals surface area contributed by atoms with E-state index in [1.54, 1.807) is 0 Å². The number of nitrogens with zero attached hydrogens (tertiary/aromatic N) is 1. The molecule has 24 heavy (non-hydrogen) atoms. The highest BCUT2D eigenvalue weighted by Crippen LogP contribution is 2.50. The predicted molar refractivity (Wildman–Crippen MR) is 89.6 cm³/mol. The van der Waals surface area contributed by atoms with Gasteiger partial charge in [-0.15, -0.1) is 0 Å². The quantitative estimate of drug-likeness (QED) is 0.885. The molecule has 2 saturated heterocycles. The number of hydrogen-bond donors (Lipinski definition) is 2. The van der Waals surface area contributed by atoms with Crippen LogP contribution in [0.2, 0.25) is 0 Å². The van der Waals surface area contributed by atoms with Gasteiger partial charge in [0.25, 0.3) is 0 Å². The van der Waals surface area contributed by atoms with Crippen LogP contribution < -0.4 is 5.32 Å². The Balaban J connectivity index is 1.65. The van der Waals surface area contributed by atoms with E-state index in [4.69, 9.17) is 0 Å². The van der Waals surface area contributed by atoms with Crippen LogP contribution in [0, 0.1) is 11.3 Å². The van der Waals surface area contributed by atoms with Crippen molar-refractivity contribution in [2.24, 2.45) is 11.3 Å². The second kappa shape index (κ2) is 5.59. The van der Waals surface area contributed by atoms with Crippen molar-refractivity contribution in [2.75, 3.05) is 26.2 Å². The van der Waals surface area contributed by atoms with Crippen molar-refractivity contribution in [1.29, 1.82) is 0 Å². The fourth-order valence-electron chi connectivity index (χ4n) is 5.10. The fourth-order valence-corrected chi connectivity index (χ4v) is 5.10. The lowest BCUT2D eigenvalue weighted by molar-refractivity contribution is -0.149. The Morgan fingerprint density at radius 1 is 1.21 bits per heavy atom. The van der Waals surface area contributed by atoms with Crippen LogP contribution in [0.15, 0.2) is 30.3 Å². The number of aliphatic carboxylic acids is 1. The predicted octanol–water partition coefficient (Wildman–Crippen LogP) is 1.63. The number of carboxylic acids is 1. The van der Waals surface area contributed by atoms with Crippen molar-refractivity contribution in [2.45, 2.75) is 31.1 Å². The maximum absolute atomic E-state index is 13.5. The van der Waals surface area contributed by atoms with Crippen LogP contribution in [0.1, 0.15) is 31.2 Å². The highest BCUT2D eigenvalue weighted by Gasteiger charge is 2.58. The van der Waals surface area contributed by atoms with Gasteiger partial charge < -0.3 is 15.3 Å². The van der Waals surface area contributed by atoms with E-state index in [1.165, 1.54) is 0 Å². The van der Waals surface area contributed by atoms with Gasteiger partial charge in [0.15, 0.2) is 0 Å². The second-order valence-corrected chi connectivity index (χ2v) is 7.61. The average Bonchev–Trinajstić information content (AvgIpc) is 3.29. The first kappa shape index (κ1) is 15.6. The van der Waals surface area contributed by atoms with Gasteiger partial charge >= 0.3 is 5.97 Å². The fraction of sp³-hybridized carbons (Fsp3) is 0.579. The number of hydrogen-bond acceptors (Lipinski definition) is 3. The lowest BCUT2D eigenvalue weighted by Gasteiger charge is -2.33. The van der Waals surface area contributed by atoms with Gasteiger partial charge in [-0.1, -0.05) is 36.8 Å². The third-order valence-corrected chi connectivity index (χ3v) is 6.47. The Morgan fingerprint density at radius 2 is 2.00 bits per heavy atom. The third kappa shape index (κ3) is 2.10. The van der Waals surface area contributed by atoms with Crippen molar-refractivity contribution in [3.8, 4) is 0 Å². The number of benzene rings is 1. The van der Waals surface area contributed by atoms with Gasteiger partial charge in [-0.05, 0) is 37.3 Å². The first-order valence-corrected chi connectivity index (χ1v) is 8.88. The zero-order valence-electron chi connectivity index (χ0n) is 13.8. The summed E-state index contributed by atoms with van der Waals surface area (Å²) in [4.78, 5) is 27.2. The number of fused-ring (bicyclic) bond motifs is 1. The van der Waals surface area contributed by atoms with Crippen molar-refractivity contribution in [3.05, 3.63) is 35.9 Å². The van der Waals surface area contributed by atoms with Crippen LogP contribution >= 0.6 is 0 Å². The summed E-state index contributed by atoms with van der Waals surface area (Å²) in [5, 5.41) is 13.1. The number of carbonyl (C=O) groups excluding carboxylic acids is 1. The monoisotopic (exact) mass is 328 g/mol. The molecule has 3 atom stereocenters. The third-order valence-electron chi connectivity index (χ3n) is 6.47. The molecule has 1 aromatic carbocycles. The maximum Gasteiger partial charge on any atom is 0.311 e. The molecule has 1 aromatic rings. The molecule has 3 fully saturated rings. The summed E-state index contributed by atoms with van der Waals surface area (Å²) in [5.74, 6) is -0.506. The minimum absolute atomic E-state index is 0.105. The molecule has 0 aromatic heterocycles. The number of rotatable bonds is 3. The van der Waals surface area contributed by atoms with Gasteiger partial charge in [0.1, 0.15) is 0 Å². The molecule has 1 aliphatic carbocycles. The standard InChI is InChI=1S/C19H24N2O3/c22-16(18(9-10-20-12-18)14-5-2-1-3-6-14)21-11-15-7-4-8-19(15,13-21)17(23)24/h1-3,5-6,15,20H,4,7-13H2,(H,23,24)/t15-,18?,19+/m0/s1. The van der Waals surface area contributed by atoms with Crippen LogP contribution in [-0.4, -0.2) is 48.1 Å². The van der Waals surface area contributed by atoms with Gasteiger partial charge in [-0.2, -0.15) is 0 Å². The Hall–Kier alpha value is -1.88. The zero-order chi connectivity index (χ0) is 16.8. The van der Waals surface area contributed by atoms with Crippen LogP contribution in [0.3, 0.4) is 0 Å². The smallest absolute Gasteiger partial charge is 0.311 e. The Morgan fingerprint density at radius 3 is 2.62 bits per heavy atom. The molecule has 1 saturated carbocycles. The SMILES string of the molecule is O=C(N1C[C@@H]2CCC[C@@]2(C(=O)O)C1)C1(c2ccccc2)CCNC1. The Bertz CT molecular complexity index is 654. The van der Waals surface area contributed by atoms with Gasteiger partial charge in [0.2, 0.25) is 5.91 Å². The number of nitrogens with one attached hydrogen (secondary N) is 1. The topological polar surface area (TPSA) is 69.6 Å². The highest BCUT2D eigenvalue weighted by atomic mass is 16.4.